The summed E-state index contributed by atoms with van der Waals surface area (Å²) < 4.78 is 0. The van der Waals surface area contributed by atoms with Gasteiger partial charge in [0.1, 0.15) is 12.1 Å². The molecule has 1 heterocycles. The number of rotatable bonds is 4. The monoisotopic (exact) mass is 308 g/mol. The van der Waals surface area contributed by atoms with Crippen molar-refractivity contribution in [1.29, 1.82) is 0 Å². The summed E-state index contributed by atoms with van der Waals surface area (Å²) in [4.78, 5) is 26.6. The minimum absolute atomic E-state index is 0.0311. The summed E-state index contributed by atoms with van der Waals surface area (Å²) in [7, 11) is 0. The third-order valence-electron chi connectivity index (χ3n) is 4.08. The largest absolute Gasteiger partial charge is 0.343 e. The van der Waals surface area contributed by atoms with Gasteiger partial charge in [0.05, 0.1) is 6.04 Å². The van der Waals surface area contributed by atoms with Crippen LogP contribution >= 0.6 is 11.6 Å². The number of hydrogen-bond acceptors (Lipinski definition) is 2. The van der Waals surface area contributed by atoms with Crippen molar-refractivity contribution in [3.8, 4) is 0 Å². The molecule has 0 aliphatic carbocycles. The normalized spacial score (nSPS) is 23.9. The van der Waals surface area contributed by atoms with Gasteiger partial charge in [-0.3, -0.25) is 9.59 Å². The highest BCUT2D eigenvalue weighted by molar-refractivity contribution is 6.31. The number of hydrogen-bond donors (Lipinski definition) is 1. The number of piperazine rings is 1. The van der Waals surface area contributed by atoms with Gasteiger partial charge < -0.3 is 10.2 Å². The van der Waals surface area contributed by atoms with E-state index in [2.05, 4.69) is 5.32 Å². The quantitative estimate of drug-likeness (QED) is 0.929. The summed E-state index contributed by atoms with van der Waals surface area (Å²) in [5.74, 6) is -0.112. The molecular formula is C16H21ClN2O2. The average molecular weight is 309 g/mol. The molecule has 0 spiro atoms. The Hall–Kier alpha value is -1.55. The van der Waals surface area contributed by atoms with Crippen LogP contribution in [0.25, 0.3) is 0 Å². The van der Waals surface area contributed by atoms with Gasteiger partial charge in [0.15, 0.2) is 0 Å². The number of carbonyl (C=O) groups is 2. The third-order valence-corrected chi connectivity index (χ3v) is 4.42. The Bertz CT molecular complexity index is 547. The second-order valence-electron chi connectivity index (χ2n) is 5.34. The second-order valence-corrected chi connectivity index (χ2v) is 5.74. The zero-order valence-corrected chi connectivity index (χ0v) is 13.4. The maximum absolute atomic E-state index is 12.7. The smallest absolute Gasteiger partial charge is 0.246 e. The Morgan fingerprint density at radius 1 is 1.24 bits per heavy atom. The number of nitrogens with zero attached hydrogens (tertiary/aromatic N) is 1. The van der Waals surface area contributed by atoms with Gasteiger partial charge in [-0.15, -0.1) is 0 Å². The molecule has 3 unspecified atom stereocenters. The molecule has 0 saturated carbocycles. The van der Waals surface area contributed by atoms with Crippen molar-refractivity contribution in [3.63, 3.8) is 0 Å². The highest BCUT2D eigenvalue weighted by Crippen LogP contribution is 2.31. The molecule has 1 N–H and O–H groups in total. The van der Waals surface area contributed by atoms with Crippen LogP contribution in [0.3, 0.4) is 0 Å². The fraction of sp³-hybridized carbons (Fsp3) is 0.500. The van der Waals surface area contributed by atoms with E-state index in [0.29, 0.717) is 17.9 Å². The van der Waals surface area contributed by atoms with Gasteiger partial charge in [0.25, 0.3) is 0 Å². The number of nitrogens with one attached hydrogen (secondary N) is 1. The summed E-state index contributed by atoms with van der Waals surface area (Å²) in [6.45, 7) is 5.73. The molecule has 1 aliphatic rings. The molecule has 114 valence electrons. The summed E-state index contributed by atoms with van der Waals surface area (Å²) in [5, 5.41) is 3.42. The summed E-state index contributed by atoms with van der Waals surface area (Å²) in [5.41, 5.74) is 0.871. The van der Waals surface area contributed by atoms with Crippen molar-refractivity contribution in [2.24, 2.45) is 0 Å². The molecule has 1 saturated heterocycles. The van der Waals surface area contributed by atoms with Gasteiger partial charge in [-0.2, -0.15) is 0 Å². The van der Waals surface area contributed by atoms with Crippen molar-refractivity contribution in [1.82, 2.24) is 10.2 Å². The van der Waals surface area contributed by atoms with Crippen molar-refractivity contribution < 1.29 is 9.59 Å². The topological polar surface area (TPSA) is 49.4 Å². The van der Waals surface area contributed by atoms with Gasteiger partial charge in [-0.25, -0.2) is 0 Å². The number of halogens is 1. The van der Waals surface area contributed by atoms with E-state index in [0.717, 1.165) is 5.56 Å². The van der Waals surface area contributed by atoms with E-state index < -0.39 is 12.1 Å². The zero-order chi connectivity index (χ0) is 15.6. The number of benzene rings is 1. The third kappa shape index (κ3) is 2.91. The van der Waals surface area contributed by atoms with Crippen LogP contribution in [-0.2, 0) is 9.59 Å². The Labute approximate surface area is 130 Å². The molecule has 1 fully saturated rings. The minimum atomic E-state index is -0.440. The lowest BCUT2D eigenvalue weighted by atomic mass is 9.97. The van der Waals surface area contributed by atoms with Gasteiger partial charge in [0.2, 0.25) is 11.8 Å². The molecule has 1 aliphatic heterocycles. The Morgan fingerprint density at radius 3 is 2.48 bits per heavy atom. The highest BCUT2D eigenvalue weighted by Gasteiger charge is 2.41. The summed E-state index contributed by atoms with van der Waals surface area (Å²) in [6.07, 6.45) is 1.18. The van der Waals surface area contributed by atoms with Crippen LogP contribution in [0, 0.1) is 0 Å². The standard InChI is InChI=1S/C16H21ClN2O2/c1-4-13-16(21)19(14(5-2)15(20)18-13)10(3)11-8-6-7-9-12(11)17/h6-10,13-14H,4-5H2,1-3H3,(H,18,20). The molecule has 0 radical (unpaired) electrons. The summed E-state index contributed by atoms with van der Waals surface area (Å²) in [6, 6.07) is 6.36. The maximum Gasteiger partial charge on any atom is 0.246 e. The van der Waals surface area contributed by atoms with Crippen LogP contribution < -0.4 is 5.32 Å². The van der Waals surface area contributed by atoms with Crippen molar-refractivity contribution in [2.75, 3.05) is 0 Å². The molecule has 3 atom stereocenters. The molecule has 0 bridgehead atoms. The molecule has 21 heavy (non-hydrogen) atoms. The lowest BCUT2D eigenvalue weighted by Crippen LogP contribution is -2.63. The predicted octanol–water partition coefficient (Wildman–Crippen LogP) is 2.92. The van der Waals surface area contributed by atoms with Gasteiger partial charge >= 0.3 is 0 Å². The first-order chi connectivity index (χ1) is 10.0. The van der Waals surface area contributed by atoms with Crippen molar-refractivity contribution in [2.45, 2.75) is 51.7 Å². The first-order valence-electron chi connectivity index (χ1n) is 7.38. The molecule has 5 heteroatoms. The summed E-state index contributed by atoms with van der Waals surface area (Å²) >= 11 is 6.25. The second kappa shape index (κ2) is 6.48. The van der Waals surface area contributed by atoms with E-state index in [1.807, 2.05) is 39.0 Å². The molecule has 1 aromatic rings. The van der Waals surface area contributed by atoms with Crippen LogP contribution in [0.4, 0.5) is 0 Å². The van der Waals surface area contributed by atoms with E-state index >= 15 is 0 Å². The van der Waals surface area contributed by atoms with E-state index in [4.69, 9.17) is 11.6 Å². The van der Waals surface area contributed by atoms with E-state index in [9.17, 15) is 9.59 Å². The van der Waals surface area contributed by atoms with Crippen LogP contribution in [0.5, 0.6) is 0 Å². The fourth-order valence-corrected chi connectivity index (χ4v) is 3.17. The molecule has 1 aromatic carbocycles. The fourth-order valence-electron chi connectivity index (χ4n) is 2.87. The lowest BCUT2D eigenvalue weighted by molar-refractivity contribution is -0.152. The zero-order valence-electron chi connectivity index (χ0n) is 12.6. The highest BCUT2D eigenvalue weighted by atomic mass is 35.5. The van der Waals surface area contributed by atoms with Gasteiger partial charge in [-0.1, -0.05) is 43.6 Å². The van der Waals surface area contributed by atoms with Crippen LogP contribution in [-0.4, -0.2) is 28.8 Å². The van der Waals surface area contributed by atoms with Gasteiger partial charge in [0, 0.05) is 5.02 Å². The molecular weight excluding hydrogens is 288 g/mol. The van der Waals surface area contributed by atoms with Crippen molar-refractivity contribution >= 4 is 23.4 Å². The van der Waals surface area contributed by atoms with E-state index in [1.54, 1.807) is 11.0 Å². The molecule has 2 amide bonds. The van der Waals surface area contributed by atoms with Crippen LogP contribution in [0.2, 0.25) is 5.02 Å². The average Bonchev–Trinajstić information content (AvgIpc) is 2.48. The van der Waals surface area contributed by atoms with Crippen LogP contribution in [0.1, 0.15) is 45.2 Å². The Balaban J connectivity index is 2.39. The van der Waals surface area contributed by atoms with Crippen molar-refractivity contribution in [3.05, 3.63) is 34.9 Å². The maximum atomic E-state index is 12.7. The molecule has 0 aromatic heterocycles. The van der Waals surface area contributed by atoms with Gasteiger partial charge in [-0.05, 0) is 31.4 Å². The lowest BCUT2D eigenvalue weighted by Gasteiger charge is -2.42. The predicted molar refractivity (Wildman–Crippen MR) is 83.0 cm³/mol. The number of amides is 2. The SMILES string of the molecule is CCC1NC(=O)C(CC)N(C(C)c2ccccc2Cl)C1=O. The molecule has 2 rings (SSSR count). The van der Waals surface area contributed by atoms with E-state index in [1.165, 1.54) is 0 Å². The van der Waals surface area contributed by atoms with E-state index in [-0.39, 0.29) is 17.9 Å². The first kappa shape index (κ1) is 15.8. The number of carbonyl (C=O) groups excluding carboxylic acids is 2. The molecule has 4 nitrogen and oxygen atoms in total. The van der Waals surface area contributed by atoms with Crippen LogP contribution in [0.15, 0.2) is 24.3 Å². The Morgan fingerprint density at radius 2 is 1.90 bits per heavy atom. The minimum Gasteiger partial charge on any atom is -0.343 e. The Kier molecular flexibility index (Phi) is 4.88. The first-order valence-corrected chi connectivity index (χ1v) is 7.76.